The number of nitrogens with one attached hydrogen (secondary N) is 1. The van der Waals surface area contributed by atoms with Crippen LogP contribution < -0.4 is 10.1 Å². The first-order valence-electron chi connectivity index (χ1n) is 8.31. The number of hydrogen-bond acceptors (Lipinski definition) is 3. The molecule has 1 aliphatic carbocycles. The van der Waals surface area contributed by atoms with Crippen LogP contribution in [0.4, 0.5) is 26.3 Å². The van der Waals surface area contributed by atoms with Crippen LogP contribution >= 0.6 is 0 Å². The van der Waals surface area contributed by atoms with E-state index in [0.717, 1.165) is 18.2 Å². The molecule has 0 spiro atoms. The van der Waals surface area contributed by atoms with Crippen molar-refractivity contribution in [3.05, 3.63) is 82.8 Å². The molecule has 0 unspecified atom stereocenters. The lowest BCUT2D eigenvalue weighted by atomic mass is 10.1. The summed E-state index contributed by atoms with van der Waals surface area (Å²) in [5.74, 6) is -7.87. The van der Waals surface area contributed by atoms with Gasteiger partial charge in [0.25, 0.3) is 5.91 Å². The molecule has 2 aromatic carbocycles. The summed E-state index contributed by atoms with van der Waals surface area (Å²) >= 11 is 0. The predicted octanol–water partition coefficient (Wildman–Crippen LogP) is 5.06. The first-order valence-corrected chi connectivity index (χ1v) is 8.31. The SMILES string of the molecule is O=C1C=C(NC(=O)c2cc(C(F)(F)F)ccc2Oc2ccc(F)c(F)c2F)C=CC1. The molecule has 0 saturated heterocycles. The first kappa shape index (κ1) is 21.2. The molecule has 30 heavy (non-hydrogen) atoms. The Morgan fingerprint density at radius 3 is 2.37 bits per heavy atom. The molecule has 1 amide bonds. The molecule has 0 atom stereocenters. The number of benzene rings is 2. The van der Waals surface area contributed by atoms with Gasteiger partial charge in [0.05, 0.1) is 11.1 Å². The second-order valence-electron chi connectivity index (χ2n) is 6.11. The Bertz CT molecular complexity index is 1090. The number of amides is 1. The molecule has 0 aromatic heterocycles. The highest BCUT2D eigenvalue weighted by atomic mass is 19.4. The van der Waals surface area contributed by atoms with E-state index in [-0.39, 0.29) is 17.9 Å². The number of alkyl halides is 3. The van der Waals surface area contributed by atoms with Gasteiger partial charge in [0.2, 0.25) is 5.82 Å². The van der Waals surface area contributed by atoms with Gasteiger partial charge in [0.15, 0.2) is 23.2 Å². The largest absolute Gasteiger partial charge is 0.453 e. The van der Waals surface area contributed by atoms with E-state index in [4.69, 9.17) is 4.74 Å². The molecule has 0 fully saturated rings. The quantitative estimate of drug-likeness (QED) is 0.549. The van der Waals surface area contributed by atoms with Gasteiger partial charge in [0, 0.05) is 18.2 Å². The van der Waals surface area contributed by atoms with Crippen LogP contribution in [0.3, 0.4) is 0 Å². The number of carbonyl (C=O) groups is 2. The first-order chi connectivity index (χ1) is 14.1. The lowest BCUT2D eigenvalue weighted by Gasteiger charge is -2.16. The molecule has 4 nitrogen and oxygen atoms in total. The predicted molar refractivity (Wildman–Crippen MR) is 92.1 cm³/mol. The zero-order chi connectivity index (χ0) is 22.1. The van der Waals surface area contributed by atoms with Gasteiger partial charge in [-0.3, -0.25) is 9.59 Å². The van der Waals surface area contributed by atoms with Crippen molar-refractivity contribution in [2.24, 2.45) is 0 Å². The van der Waals surface area contributed by atoms with E-state index in [2.05, 4.69) is 5.32 Å². The summed E-state index contributed by atoms with van der Waals surface area (Å²) in [5.41, 5.74) is -1.84. The van der Waals surface area contributed by atoms with Crippen LogP contribution in [0.2, 0.25) is 0 Å². The van der Waals surface area contributed by atoms with E-state index in [1.54, 1.807) is 0 Å². The minimum absolute atomic E-state index is 0.0265. The van der Waals surface area contributed by atoms with Crippen LogP contribution in [-0.2, 0) is 11.0 Å². The van der Waals surface area contributed by atoms with Gasteiger partial charge in [-0.25, -0.2) is 8.78 Å². The number of ether oxygens (including phenoxy) is 1. The van der Waals surface area contributed by atoms with Crippen LogP contribution in [0.25, 0.3) is 0 Å². The Labute approximate surface area is 165 Å². The molecule has 0 bridgehead atoms. The smallest absolute Gasteiger partial charge is 0.416 e. The van der Waals surface area contributed by atoms with Crippen molar-refractivity contribution in [1.29, 1.82) is 0 Å². The van der Waals surface area contributed by atoms with Gasteiger partial charge < -0.3 is 10.1 Å². The van der Waals surface area contributed by atoms with E-state index in [9.17, 15) is 35.9 Å². The molecule has 2 aromatic rings. The monoisotopic (exact) mass is 427 g/mol. The summed E-state index contributed by atoms with van der Waals surface area (Å²) in [6.07, 6.45) is -0.796. The maximum atomic E-state index is 13.9. The second kappa shape index (κ2) is 8.05. The third-order valence-corrected chi connectivity index (χ3v) is 3.96. The molecule has 0 radical (unpaired) electrons. The Balaban J connectivity index is 2.01. The normalized spacial score (nSPS) is 13.8. The molecule has 1 aliphatic rings. The Morgan fingerprint density at radius 2 is 1.70 bits per heavy atom. The van der Waals surface area contributed by atoms with Crippen LogP contribution in [0.15, 0.2) is 54.3 Å². The van der Waals surface area contributed by atoms with Crippen molar-refractivity contribution in [2.75, 3.05) is 0 Å². The van der Waals surface area contributed by atoms with Crippen molar-refractivity contribution in [3.63, 3.8) is 0 Å². The molecule has 1 N–H and O–H groups in total. The Morgan fingerprint density at radius 1 is 1.00 bits per heavy atom. The average molecular weight is 427 g/mol. The van der Waals surface area contributed by atoms with E-state index >= 15 is 0 Å². The van der Waals surface area contributed by atoms with E-state index in [1.165, 1.54) is 12.2 Å². The zero-order valence-electron chi connectivity index (χ0n) is 14.8. The van der Waals surface area contributed by atoms with Gasteiger partial charge in [-0.1, -0.05) is 6.08 Å². The van der Waals surface area contributed by atoms with Gasteiger partial charge in [-0.05, 0) is 36.4 Å². The van der Waals surface area contributed by atoms with Gasteiger partial charge >= 0.3 is 6.18 Å². The highest BCUT2D eigenvalue weighted by Crippen LogP contribution is 2.35. The summed E-state index contributed by atoms with van der Waals surface area (Å²) in [6.45, 7) is 0. The lowest BCUT2D eigenvalue weighted by Crippen LogP contribution is -2.24. The Kier molecular flexibility index (Phi) is 5.68. The molecule has 156 valence electrons. The van der Waals surface area contributed by atoms with Crippen LogP contribution in [0, 0.1) is 17.5 Å². The van der Waals surface area contributed by atoms with Gasteiger partial charge in [0.1, 0.15) is 5.75 Å². The standard InChI is InChI=1S/C20H11F6NO3/c21-14-5-7-16(18(23)17(14)22)30-15-6-4-10(20(24,25)26)8-13(15)19(29)27-11-2-1-3-12(28)9-11/h1-2,4-9H,3H2,(H,27,29). The highest BCUT2D eigenvalue weighted by molar-refractivity contribution is 6.00. The van der Waals surface area contributed by atoms with E-state index in [1.807, 2.05) is 0 Å². The highest BCUT2D eigenvalue weighted by Gasteiger charge is 2.32. The second-order valence-corrected chi connectivity index (χ2v) is 6.11. The fraction of sp³-hybridized carbons (Fsp3) is 0.100. The third-order valence-electron chi connectivity index (χ3n) is 3.96. The summed E-state index contributed by atoms with van der Waals surface area (Å²) in [4.78, 5) is 24.0. The summed E-state index contributed by atoms with van der Waals surface area (Å²) < 4.78 is 84.7. The Hall–Kier alpha value is -3.56. The molecule has 0 heterocycles. The van der Waals surface area contributed by atoms with Crippen LogP contribution in [0.1, 0.15) is 22.3 Å². The molecule has 0 aliphatic heterocycles. The molecule has 10 heteroatoms. The lowest BCUT2D eigenvalue weighted by molar-refractivity contribution is -0.137. The van der Waals surface area contributed by atoms with E-state index in [0.29, 0.717) is 18.2 Å². The number of rotatable bonds is 4. The topological polar surface area (TPSA) is 55.4 Å². The van der Waals surface area contributed by atoms with Crippen molar-refractivity contribution in [3.8, 4) is 11.5 Å². The zero-order valence-corrected chi connectivity index (χ0v) is 14.8. The van der Waals surface area contributed by atoms with Crippen molar-refractivity contribution < 1.29 is 40.7 Å². The summed E-state index contributed by atoms with van der Waals surface area (Å²) in [5, 5.41) is 2.24. The van der Waals surface area contributed by atoms with Gasteiger partial charge in [-0.2, -0.15) is 17.6 Å². The van der Waals surface area contributed by atoms with E-state index < -0.39 is 52.2 Å². The number of allylic oxidation sites excluding steroid dienone is 3. The number of carbonyl (C=O) groups excluding carboxylic acids is 2. The summed E-state index contributed by atoms with van der Waals surface area (Å²) in [7, 11) is 0. The molecule has 0 saturated carbocycles. The molecular weight excluding hydrogens is 416 g/mol. The maximum Gasteiger partial charge on any atom is 0.416 e. The maximum absolute atomic E-state index is 13.9. The molecular formula is C20H11F6NO3. The fourth-order valence-electron chi connectivity index (χ4n) is 2.54. The number of hydrogen-bond donors (Lipinski definition) is 1. The van der Waals surface area contributed by atoms with Crippen molar-refractivity contribution in [2.45, 2.75) is 12.6 Å². The third kappa shape index (κ3) is 4.53. The van der Waals surface area contributed by atoms with Crippen LogP contribution in [0.5, 0.6) is 11.5 Å². The minimum Gasteiger partial charge on any atom is -0.453 e. The van der Waals surface area contributed by atoms with Gasteiger partial charge in [-0.15, -0.1) is 0 Å². The van der Waals surface area contributed by atoms with Crippen molar-refractivity contribution in [1.82, 2.24) is 5.32 Å². The summed E-state index contributed by atoms with van der Waals surface area (Å²) in [6, 6.07) is 3.05. The van der Waals surface area contributed by atoms with Crippen LogP contribution in [-0.4, -0.2) is 11.7 Å². The number of halogens is 6. The fourth-order valence-corrected chi connectivity index (χ4v) is 2.54. The van der Waals surface area contributed by atoms with Crippen molar-refractivity contribution >= 4 is 11.7 Å². The molecule has 3 rings (SSSR count). The number of ketones is 1. The minimum atomic E-state index is -4.80. The average Bonchev–Trinajstić information content (AvgIpc) is 2.68.